The van der Waals surface area contributed by atoms with Gasteiger partial charge in [-0.1, -0.05) is 30.3 Å². The first-order chi connectivity index (χ1) is 13.7. The minimum atomic E-state index is -0.510. The Labute approximate surface area is 161 Å². The number of hydrazine groups is 1. The molecule has 144 valence electrons. The van der Waals surface area contributed by atoms with Crippen LogP contribution < -0.4 is 20.3 Å². The Bertz CT molecular complexity index is 923. The molecule has 0 radical (unpaired) electrons. The Morgan fingerprint density at radius 2 is 1.64 bits per heavy atom. The minimum absolute atomic E-state index is 0.228. The van der Waals surface area contributed by atoms with Crippen LogP contribution in [0.25, 0.3) is 11.3 Å². The zero-order valence-electron chi connectivity index (χ0n) is 15.3. The molecular weight excluding hydrogens is 360 g/mol. The van der Waals surface area contributed by atoms with Crippen LogP contribution in [0.5, 0.6) is 11.5 Å². The summed E-state index contributed by atoms with van der Waals surface area (Å²) in [7, 11) is 0. The molecule has 0 atom stereocenters. The molecule has 0 fully saturated rings. The first-order valence-electron chi connectivity index (χ1n) is 8.71. The third kappa shape index (κ3) is 5.10. The molecule has 2 amide bonds. The maximum Gasteiger partial charge on any atom is 0.287 e. The molecule has 0 aliphatic heterocycles. The molecule has 0 saturated carbocycles. The second-order valence-electron chi connectivity index (χ2n) is 5.73. The van der Waals surface area contributed by atoms with Crippen molar-refractivity contribution in [2.24, 2.45) is 0 Å². The Morgan fingerprint density at radius 1 is 0.964 bits per heavy atom. The summed E-state index contributed by atoms with van der Waals surface area (Å²) in [6.45, 7) is 2.23. The molecule has 3 N–H and O–H groups in total. The van der Waals surface area contributed by atoms with Gasteiger partial charge in [-0.3, -0.25) is 25.5 Å². The maximum atomic E-state index is 12.1. The van der Waals surface area contributed by atoms with Crippen molar-refractivity contribution in [3.8, 4) is 22.8 Å². The molecule has 0 unspecified atom stereocenters. The van der Waals surface area contributed by atoms with Gasteiger partial charge in [0.1, 0.15) is 17.2 Å². The summed E-state index contributed by atoms with van der Waals surface area (Å²) in [5, 5.41) is 6.74. The zero-order valence-corrected chi connectivity index (χ0v) is 15.3. The standard InChI is InChI=1S/C20H20N4O4/c1-2-27-15-8-10-16(11-9-15)28-13-19(25)23-24-20(26)18-12-17(21-22-18)14-6-4-3-5-7-14/h3-12H,2,13H2,1H3,(H,21,22)(H,23,25)(H,24,26). The Hall–Kier alpha value is -3.81. The average Bonchev–Trinajstić information content (AvgIpc) is 3.23. The normalized spacial score (nSPS) is 10.2. The number of nitrogens with zero attached hydrogens (tertiary/aromatic N) is 1. The molecule has 1 heterocycles. The van der Waals surface area contributed by atoms with Gasteiger partial charge in [-0.25, -0.2) is 0 Å². The van der Waals surface area contributed by atoms with Gasteiger partial charge >= 0.3 is 0 Å². The Morgan fingerprint density at radius 3 is 2.32 bits per heavy atom. The van der Waals surface area contributed by atoms with Gasteiger partial charge < -0.3 is 9.47 Å². The maximum absolute atomic E-state index is 12.1. The van der Waals surface area contributed by atoms with E-state index in [1.807, 2.05) is 37.3 Å². The predicted molar refractivity (Wildman–Crippen MR) is 103 cm³/mol. The minimum Gasteiger partial charge on any atom is -0.494 e. The van der Waals surface area contributed by atoms with Crippen molar-refractivity contribution in [3.63, 3.8) is 0 Å². The summed E-state index contributed by atoms with van der Waals surface area (Å²) in [5.41, 5.74) is 6.36. The summed E-state index contributed by atoms with van der Waals surface area (Å²) < 4.78 is 10.7. The molecule has 0 spiro atoms. The lowest BCUT2D eigenvalue weighted by Crippen LogP contribution is -2.44. The van der Waals surface area contributed by atoms with Gasteiger partial charge in [0.25, 0.3) is 11.8 Å². The van der Waals surface area contributed by atoms with E-state index in [1.54, 1.807) is 30.3 Å². The molecule has 2 aromatic carbocycles. The molecule has 8 nitrogen and oxygen atoms in total. The Balaban J connectivity index is 1.45. The van der Waals surface area contributed by atoms with E-state index in [-0.39, 0.29) is 12.3 Å². The van der Waals surface area contributed by atoms with Gasteiger partial charge in [0.2, 0.25) is 0 Å². The quantitative estimate of drug-likeness (QED) is 0.546. The fourth-order valence-corrected chi connectivity index (χ4v) is 2.37. The van der Waals surface area contributed by atoms with Crippen LogP contribution in [0.1, 0.15) is 17.4 Å². The van der Waals surface area contributed by atoms with Crippen LogP contribution >= 0.6 is 0 Å². The largest absolute Gasteiger partial charge is 0.494 e. The Kier molecular flexibility index (Phi) is 6.25. The molecule has 0 aliphatic carbocycles. The first kappa shape index (κ1) is 19.0. The van der Waals surface area contributed by atoms with E-state index in [9.17, 15) is 9.59 Å². The number of hydrogen-bond donors (Lipinski definition) is 3. The summed E-state index contributed by atoms with van der Waals surface area (Å²) >= 11 is 0. The zero-order chi connectivity index (χ0) is 19.8. The third-order valence-electron chi connectivity index (χ3n) is 3.71. The summed E-state index contributed by atoms with van der Waals surface area (Å²) in [6, 6.07) is 17.9. The van der Waals surface area contributed by atoms with E-state index in [2.05, 4.69) is 21.0 Å². The second-order valence-corrected chi connectivity index (χ2v) is 5.73. The number of rotatable bonds is 7. The van der Waals surface area contributed by atoms with Crippen molar-refractivity contribution in [1.29, 1.82) is 0 Å². The third-order valence-corrected chi connectivity index (χ3v) is 3.71. The number of benzene rings is 2. The summed E-state index contributed by atoms with van der Waals surface area (Å²) in [4.78, 5) is 24.0. The van der Waals surface area contributed by atoms with Crippen molar-refractivity contribution in [2.45, 2.75) is 6.92 Å². The lowest BCUT2D eigenvalue weighted by molar-refractivity contribution is -0.123. The molecule has 8 heteroatoms. The molecule has 1 aromatic heterocycles. The molecule has 28 heavy (non-hydrogen) atoms. The van der Waals surface area contributed by atoms with E-state index in [0.717, 1.165) is 11.3 Å². The van der Waals surface area contributed by atoms with Crippen molar-refractivity contribution >= 4 is 11.8 Å². The SMILES string of the molecule is CCOc1ccc(OCC(=O)NNC(=O)c2cc(-c3ccccc3)n[nH]2)cc1. The summed E-state index contributed by atoms with van der Waals surface area (Å²) in [6.07, 6.45) is 0. The molecule has 3 rings (SSSR count). The number of carbonyl (C=O) groups is 2. The van der Waals surface area contributed by atoms with Crippen LogP contribution in [-0.4, -0.2) is 35.2 Å². The molecule has 0 bridgehead atoms. The van der Waals surface area contributed by atoms with Gasteiger partial charge in [-0.05, 0) is 37.3 Å². The lowest BCUT2D eigenvalue weighted by Gasteiger charge is -2.09. The lowest BCUT2D eigenvalue weighted by atomic mass is 10.1. The number of amides is 2. The van der Waals surface area contributed by atoms with Gasteiger partial charge in [-0.15, -0.1) is 0 Å². The first-order valence-corrected chi connectivity index (χ1v) is 8.71. The van der Waals surface area contributed by atoms with Crippen LogP contribution in [0.4, 0.5) is 0 Å². The number of aromatic amines is 1. The van der Waals surface area contributed by atoms with E-state index in [1.165, 1.54) is 0 Å². The van der Waals surface area contributed by atoms with Crippen molar-refractivity contribution in [1.82, 2.24) is 21.0 Å². The predicted octanol–water partition coefficient (Wildman–Crippen LogP) is 2.32. The number of nitrogens with one attached hydrogen (secondary N) is 3. The van der Waals surface area contributed by atoms with Gasteiger partial charge in [-0.2, -0.15) is 5.10 Å². The topological polar surface area (TPSA) is 105 Å². The van der Waals surface area contributed by atoms with Crippen molar-refractivity contribution in [2.75, 3.05) is 13.2 Å². The highest BCUT2D eigenvalue weighted by molar-refractivity contribution is 5.94. The highest BCUT2D eigenvalue weighted by Crippen LogP contribution is 2.18. The van der Waals surface area contributed by atoms with Crippen LogP contribution in [0, 0.1) is 0 Å². The van der Waals surface area contributed by atoms with Crippen LogP contribution in [0.15, 0.2) is 60.7 Å². The van der Waals surface area contributed by atoms with E-state index >= 15 is 0 Å². The highest BCUT2D eigenvalue weighted by Gasteiger charge is 2.12. The van der Waals surface area contributed by atoms with Gasteiger partial charge in [0.05, 0.1) is 12.3 Å². The number of hydrogen-bond acceptors (Lipinski definition) is 5. The van der Waals surface area contributed by atoms with Crippen LogP contribution in [0.2, 0.25) is 0 Å². The monoisotopic (exact) mass is 380 g/mol. The highest BCUT2D eigenvalue weighted by atomic mass is 16.5. The number of carbonyl (C=O) groups excluding carboxylic acids is 2. The number of ether oxygens (including phenoxy) is 2. The van der Waals surface area contributed by atoms with Crippen LogP contribution in [0.3, 0.4) is 0 Å². The van der Waals surface area contributed by atoms with Gasteiger partial charge in [0.15, 0.2) is 6.61 Å². The number of H-pyrrole nitrogens is 1. The fourth-order valence-electron chi connectivity index (χ4n) is 2.37. The molecule has 0 saturated heterocycles. The number of aromatic nitrogens is 2. The van der Waals surface area contributed by atoms with Crippen molar-refractivity contribution < 1.29 is 19.1 Å². The van der Waals surface area contributed by atoms with Gasteiger partial charge in [0, 0.05) is 5.56 Å². The molecule has 0 aliphatic rings. The molecular formula is C20H20N4O4. The van der Waals surface area contributed by atoms with E-state index in [4.69, 9.17) is 9.47 Å². The fraction of sp³-hybridized carbons (Fsp3) is 0.150. The second kappa shape index (κ2) is 9.22. The summed E-state index contributed by atoms with van der Waals surface area (Å²) in [5.74, 6) is 0.237. The van der Waals surface area contributed by atoms with E-state index < -0.39 is 11.8 Å². The smallest absolute Gasteiger partial charge is 0.287 e. The molecule has 3 aromatic rings. The van der Waals surface area contributed by atoms with E-state index in [0.29, 0.717) is 18.1 Å². The van der Waals surface area contributed by atoms with Crippen molar-refractivity contribution in [3.05, 3.63) is 66.4 Å². The average molecular weight is 380 g/mol. The van der Waals surface area contributed by atoms with Crippen LogP contribution in [-0.2, 0) is 4.79 Å².